The van der Waals surface area contributed by atoms with E-state index in [9.17, 15) is 4.79 Å². The van der Waals surface area contributed by atoms with Crippen LogP contribution in [0.1, 0.15) is 207 Å². The number of carbonyl (C=O) groups is 1. The number of hydrogen-bond acceptors (Lipinski definition) is 2. The van der Waals surface area contributed by atoms with Crippen molar-refractivity contribution in [2.75, 3.05) is 6.61 Å². The molecule has 1 atom stereocenters. The van der Waals surface area contributed by atoms with Crippen molar-refractivity contribution in [3.8, 4) is 0 Å². The highest BCUT2D eigenvalue weighted by Crippen LogP contribution is 2.16. The van der Waals surface area contributed by atoms with Gasteiger partial charge >= 0.3 is 5.97 Å². The van der Waals surface area contributed by atoms with Gasteiger partial charge in [0.05, 0.1) is 6.61 Å². The topological polar surface area (TPSA) is 26.3 Å². The summed E-state index contributed by atoms with van der Waals surface area (Å²) in [5, 5.41) is 0. The lowest BCUT2D eigenvalue weighted by atomic mass is 9.99. The van der Waals surface area contributed by atoms with Crippen molar-refractivity contribution in [3.63, 3.8) is 0 Å². The number of esters is 1. The number of carbonyl (C=O) groups excluding carboxylic acids is 1. The van der Waals surface area contributed by atoms with Gasteiger partial charge in [0.15, 0.2) is 0 Å². The second kappa shape index (κ2) is 35.1. The Balaban J connectivity index is 3.22. The molecule has 0 aliphatic heterocycles. The molecular weight excluding hydrogens is 500 g/mol. The molecule has 0 saturated carbocycles. The molecule has 242 valence electrons. The molecule has 0 aliphatic carbocycles. The largest absolute Gasteiger partial charge is 0.466 e. The molecule has 0 spiro atoms. The predicted molar refractivity (Wildman–Crippen MR) is 184 cm³/mol. The average Bonchev–Trinajstić information content (AvgIpc) is 2.98. The highest BCUT2D eigenvalue weighted by atomic mass is 16.5. The van der Waals surface area contributed by atoms with Crippen molar-refractivity contribution >= 4 is 5.97 Å². The lowest BCUT2D eigenvalue weighted by Gasteiger charge is -2.07. The maximum absolute atomic E-state index is 11.9. The maximum Gasteiger partial charge on any atom is 0.305 e. The van der Waals surface area contributed by atoms with Gasteiger partial charge in [0.1, 0.15) is 0 Å². The molecular formula is C39H74O2. The van der Waals surface area contributed by atoms with Gasteiger partial charge in [0.2, 0.25) is 0 Å². The fraction of sp³-hybridized carbons (Fsp3) is 0.872. The van der Waals surface area contributed by atoms with Gasteiger partial charge in [-0.25, -0.2) is 0 Å². The molecule has 1 unspecified atom stereocenters. The van der Waals surface area contributed by atoms with Gasteiger partial charge in [0, 0.05) is 6.42 Å². The molecule has 2 nitrogen and oxygen atoms in total. The van der Waals surface area contributed by atoms with Crippen molar-refractivity contribution < 1.29 is 9.53 Å². The SMILES string of the molecule is CCCCC/C=C\C/C=C\CCCCCCCC(=O)OCCCCCCCCCCCCCCCCCC(C)CC. The smallest absolute Gasteiger partial charge is 0.305 e. The molecule has 0 aromatic heterocycles. The highest BCUT2D eigenvalue weighted by molar-refractivity contribution is 5.69. The summed E-state index contributed by atoms with van der Waals surface area (Å²) in [6.45, 7) is 7.58. The fourth-order valence-electron chi connectivity index (χ4n) is 5.44. The standard InChI is InChI=1S/C39H74O2/c1-4-6-7-8-9-10-11-12-14-18-21-24-27-30-33-36-39(40)41-37-34-31-28-25-22-19-16-13-15-17-20-23-26-29-32-35-38(3)5-2/h9-10,12,14,38H,4-8,11,13,15-37H2,1-3H3/b10-9-,14-12-. The van der Waals surface area contributed by atoms with E-state index in [1.807, 2.05) is 0 Å². The van der Waals surface area contributed by atoms with Crippen LogP contribution in [0.2, 0.25) is 0 Å². The molecule has 41 heavy (non-hydrogen) atoms. The summed E-state index contributed by atoms with van der Waals surface area (Å²) >= 11 is 0. The van der Waals surface area contributed by atoms with Crippen LogP contribution in [0.4, 0.5) is 0 Å². The lowest BCUT2D eigenvalue weighted by molar-refractivity contribution is -0.143. The predicted octanol–water partition coefficient (Wildman–Crippen LogP) is 13.6. The molecule has 0 aromatic rings. The van der Waals surface area contributed by atoms with Crippen LogP contribution in [0.5, 0.6) is 0 Å². The first-order valence-corrected chi connectivity index (χ1v) is 18.7. The van der Waals surface area contributed by atoms with Gasteiger partial charge in [0.25, 0.3) is 0 Å². The van der Waals surface area contributed by atoms with Crippen LogP contribution >= 0.6 is 0 Å². The molecule has 2 heteroatoms. The van der Waals surface area contributed by atoms with E-state index < -0.39 is 0 Å². The molecule has 0 rings (SSSR count). The molecule has 0 saturated heterocycles. The third kappa shape index (κ3) is 35.1. The van der Waals surface area contributed by atoms with E-state index in [0.29, 0.717) is 13.0 Å². The minimum absolute atomic E-state index is 0.0114. The number of hydrogen-bond donors (Lipinski definition) is 0. The molecule has 0 aliphatic rings. The van der Waals surface area contributed by atoms with Crippen LogP contribution in [0.3, 0.4) is 0 Å². The van der Waals surface area contributed by atoms with Gasteiger partial charge in [-0.3, -0.25) is 4.79 Å². The molecule has 0 bridgehead atoms. The number of allylic oxidation sites excluding steroid dienone is 4. The van der Waals surface area contributed by atoms with Crippen molar-refractivity contribution in [1.29, 1.82) is 0 Å². The minimum atomic E-state index is 0.0114. The van der Waals surface area contributed by atoms with Crippen LogP contribution in [0.15, 0.2) is 24.3 Å². The number of ether oxygens (including phenoxy) is 1. The van der Waals surface area contributed by atoms with Crippen LogP contribution in [-0.4, -0.2) is 12.6 Å². The number of rotatable bonds is 33. The summed E-state index contributed by atoms with van der Waals surface area (Å²) in [5.41, 5.74) is 0. The average molecular weight is 575 g/mol. The molecule has 0 amide bonds. The Morgan fingerprint density at radius 2 is 0.976 bits per heavy atom. The summed E-state index contributed by atoms with van der Waals surface area (Å²) in [6, 6.07) is 0. The molecule has 0 fully saturated rings. The lowest BCUT2D eigenvalue weighted by Crippen LogP contribution is -2.05. The third-order valence-corrected chi connectivity index (χ3v) is 8.63. The fourth-order valence-corrected chi connectivity index (χ4v) is 5.44. The zero-order chi connectivity index (χ0) is 29.9. The van der Waals surface area contributed by atoms with E-state index in [0.717, 1.165) is 31.6 Å². The summed E-state index contributed by atoms with van der Waals surface area (Å²) in [6.07, 6.45) is 46.6. The van der Waals surface area contributed by atoms with E-state index >= 15 is 0 Å². The Hall–Kier alpha value is -1.05. The quantitative estimate of drug-likeness (QED) is 0.0442. The normalized spacial score (nSPS) is 12.6. The zero-order valence-electron chi connectivity index (χ0n) is 28.4. The Morgan fingerprint density at radius 3 is 1.49 bits per heavy atom. The third-order valence-electron chi connectivity index (χ3n) is 8.63. The van der Waals surface area contributed by atoms with Crippen LogP contribution < -0.4 is 0 Å². The molecule has 0 radical (unpaired) electrons. The summed E-state index contributed by atoms with van der Waals surface area (Å²) in [7, 11) is 0. The summed E-state index contributed by atoms with van der Waals surface area (Å²) in [5.74, 6) is 0.938. The van der Waals surface area contributed by atoms with Crippen LogP contribution in [0, 0.1) is 5.92 Å². The Morgan fingerprint density at radius 1 is 0.537 bits per heavy atom. The molecule has 0 N–H and O–H groups in total. The van der Waals surface area contributed by atoms with Crippen molar-refractivity contribution in [1.82, 2.24) is 0 Å². The molecule has 0 aromatic carbocycles. The summed E-state index contributed by atoms with van der Waals surface area (Å²) < 4.78 is 5.44. The van der Waals surface area contributed by atoms with E-state index in [1.54, 1.807) is 0 Å². The monoisotopic (exact) mass is 575 g/mol. The minimum Gasteiger partial charge on any atom is -0.466 e. The van der Waals surface area contributed by atoms with Gasteiger partial charge < -0.3 is 4.74 Å². The first kappa shape index (κ1) is 40.0. The van der Waals surface area contributed by atoms with Gasteiger partial charge in [-0.1, -0.05) is 180 Å². The zero-order valence-corrected chi connectivity index (χ0v) is 28.4. The van der Waals surface area contributed by atoms with E-state index in [-0.39, 0.29) is 5.97 Å². The first-order chi connectivity index (χ1) is 20.2. The van der Waals surface area contributed by atoms with Gasteiger partial charge in [-0.2, -0.15) is 0 Å². The van der Waals surface area contributed by atoms with Crippen molar-refractivity contribution in [2.45, 2.75) is 207 Å². The number of unbranched alkanes of at least 4 members (excludes halogenated alkanes) is 22. The Bertz CT molecular complexity index is 564. The Labute approximate surface area is 259 Å². The second-order valence-corrected chi connectivity index (χ2v) is 12.8. The first-order valence-electron chi connectivity index (χ1n) is 18.7. The summed E-state index contributed by atoms with van der Waals surface area (Å²) in [4.78, 5) is 11.9. The van der Waals surface area contributed by atoms with Crippen molar-refractivity contribution in [2.24, 2.45) is 5.92 Å². The second-order valence-electron chi connectivity index (χ2n) is 12.8. The molecule has 0 heterocycles. The van der Waals surface area contributed by atoms with Crippen LogP contribution in [0.25, 0.3) is 0 Å². The van der Waals surface area contributed by atoms with Crippen LogP contribution in [-0.2, 0) is 9.53 Å². The van der Waals surface area contributed by atoms with Gasteiger partial charge in [-0.15, -0.1) is 0 Å². The van der Waals surface area contributed by atoms with E-state index in [4.69, 9.17) is 4.74 Å². The van der Waals surface area contributed by atoms with Crippen molar-refractivity contribution in [3.05, 3.63) is 24.3 Å². The highest BCUT2D eigenvalue weighted by Gasteiger charge is 2.03. The van der Waals surface area contributed by atoms with Gasteiger partial charge in [-0.05, 0) is 50.9 Å². The Kier molecular flexibility index (Phi) is 34.2. The van der Waals surface area contributed by atoms with E-state index in [2.05, 4.69) is 45.1 Å². The maximum atomic E-state index is 11.9. The van der Waals surface area contributed by atoms with E-state index in [1.165, 1.54) is 154 Å².